The molecule has 0 saturated heterocycles. The van der Waals surface area contributed by atoms with Gasteiger partial charge in [0.25, 0.3) is 11.8 Å². The van der Waals surface area contributed by atoms with Crippen LogP contribution >= 0.6 is 0 Å². The molecule has 1 heterocycles. The molecule has 0 radical (unpaired) electrons. The van der Waals surface area contributed by atoms with Crippen LogP contribution in [0.3, 0.4) is 0 Å². The predicted octanol–water partition coefficient (Wildman–Crippen LogP) is 0.0491. The quantitative estimate of drug-likeness (QED) is 0.655. The van der Waals surface area contributed by atoms with Crippen LogP contribution in [0, 0.1) is 0 Å². The number of nitrogens with one attached hydrogen (secondary N) is 1. The lowest BCUT2D eigenvalue weighted by Crippen LogP contribution is -2.34. The van der Waals surface area contributed by atoms with Crippen LogP contribution in [-0.2, 0) is 9.59 Å². The number of phenols is 1. The van der Waals surface area contributed by atoms with Gasteiger partial charge in [-0.2, -0.15) is 0 Å². The summed E-state index contributed by atoms with van der Waals surface area (Å²) in [5, 5.41) is 20.8. The van der Waals surface area contributed by atoms with E-state index < -0.39 is 11.8 Å². The fourth-order valence-corrected chi connectivity index (χ4v) is 1.65. The number of aromatic hydroxyl groups is 1. The van der Waals surface area contributed by atoms with Gasteiger partial charge in [0.2, 0.25) is 0 Å². The van der Waals surface area contributed by atoms with E-state index in [1.54, 1.807) is 12.1 Å². The van der Waals surface area contributed by atoms with E-state index in [4.69, 9.17) is 5.11 Å². The van der Waals surface area contributed by atoms with Crippen molar-refractivity contribution in [3.63, 3.8) is 0 Å². The number of β-amino-alcohol motifs (C(OH)–C–C–N with tert-alkyl or cyclic N) is 1. The minimum absolute atomic E-state index is 0.0284. The summed E-state index contributed by atoms with van der Waals surface area (Å²) in [6.45, 7) is -0.301. The molecule has 6 heteroatoms. The van der Waals surface area contributed by atoms with Crippen molar-refractivity contribution in [2.24, 2.45) is 0 Å². The summed E-state index contributed by atoms with van der Waals surface area (Å²) in [6, 6.07) is 6.21. The standard InChI is InChI=1S/C12H12N2O4/c15-5-4-14-11(17)7-10(12(14)18)13-8-2-1-3-9(16)6-8/h1-3,6-7,13,15-16H,4-5H2. The first kappa shape index (κ1) is 12.1. The van der Waals surface area contributed by atoms with Gasteiger partial charge >= 0.3 is 0 Å². The van der Waals surface area contributed by atoms with Crippen LogP contribution in [0.2, 0.25) is 0 Å². The Bertz CT molecular complexity index is 525. The number of aliphatic hydroxyl groups is 1. The summed E-state index contributed by atoms with van der Waals surface area (Å²) in [5.74, 6) is -0.890. The van der Waals surface area contributed by atoms with Crippen molar-refractivity contribution in [2.75, 3.05) is 18.5 Å². The molecule has 0 aromatic heterocycles. The average Bonchev–Trinajstić information content (AvgIpc) is 2.57. The number of amides is 2. The molecule has 6 nitrogen and oxygen atoms in total. The van der Waals surface area contributed by atoms with Crippen LogP contribution in [0.5, 0.6) is 5.75 Å². The highest BCUT2D eigenvalue weighted by atomic mass is 16.3. The molecule has 94 valence electrons. The highest BCUT2D eigenvalue weighted by Gasteiger charge is 2.30. The lowest BCUT2D eigenvalue weighted by molar-refractivity contribution is -0.137. The number of benzene rings is 1. The fraction of sp³-hybridized carbons (Fsp3) is 0.167. The van der Waals surface area contributed by atoms with E-state index in [1.165, 1.54) is 18.2 Å². The number of hydrogen-bond donors (Lipinski definition) is 3. The van der Waals surface area contributed by atoms with Gasteiger partial charge in [-0.15, -0.1) is 0 Å². The maximum atomic E-state index is 11.8. The fourth-order valence-electron chi connectivity index (χ4n) is 1.65. The molecule has 1 aliphatic rings. The Morgan fingerprint density at radius 3 is 2.72 bits per heavy atom. The van der Waals surface area contributed by atoms with Gasteiger partial charge in [0.15, 0.2) is 0 Å². The van der Waals surface area contributed by atoms with Crippen molar-refractivity contribution in [1.29, 1.82) is 0 Å². The number of phenolic OH excluding ortho intramolecular Hbond substituents is 1. The van der Waals surface area contributed by atoms with Crippen molar-refractivity contribution in [3.05, 3.63) is 36.0 Å². The van der Waals surface area contributed by atoms with E-state index in [1.807, 2.05) is 0 Å². The van der Waals surface area contributed by atoms with Gasteiger partial charge < -0.3 is 15.5 Å². The molecule has 3 N–H and O–H groups in total. The van der Waals surface area contributed by atoms with Crippen LogP contribution in [0.1, 0.15) is 0 Å². The van der Waals surface area contributed by atoms with Crippen LogP contribution < -0.4 is 5.32 Å². The van der Waals surface area contributed by atoms with Crippen molar-refractivity contribution in [1.82, 2.24) is 4.90 Å². The summed E-state index contributed by atoms with van der Waals surface area (Å²) in [6.07, 6.45) is 1.17. The largest absolute Gasteiger partial charge is 0.508 e. The minimum atomic E-state index is -0.489. The number of hydrogen-bond acceptors (Lipinski definition) is 5. The van der Waals surface area contributed by atoms with Gasteiger partial charge in [-0.1, -0.05) is 6.07 Å². The third-order valence-electron chi connectivity index (χ3n) is 2.46. The van der Waals surface area contributed by atoms with Crippen LogP contribution in [0.25, 0.3) is 0 Å². The predicted molar refractivity (Wildman–Crippen MR) is 63.6 cm³/mol. The first-order valence-electron chi connectivity index (χ1n) is 5.36. The SMILES string of the molecule is O=C1C=C(Nc2cccc(O)c2)C(=O)N1CCO. The summed E-state index contributed by atoms with van der Waals surface area (Å²) >= 11 is 0. The molecular formula is C12H12N2O4. The average molecular weight is 248 g/mol. The van der Waals surface area contributed by atoms with E-state index >= 15 is 0 Å². The molecule has 0 atom stereocenters. The smallest absolute Gasteiger partial charge is 0.277 e. The lowest BCUT2D eigenvalue weighted by Gasteiger charge is -2.13. The number of rotatable bonds is 4. The van der Waals surface area contributed by atoms with Gasteiger partial charge in [0, 0.05) is 17.8 Å². The van der Waals surface area contributed by atoms with Crippen molar-refractivity contribution >= 4 is 17.5 Å². The molecule has 0 fully saturated rings. The number of imide groups is 1. The second kappa shape index (κ2) is 4.89. The van der Waals surface area contributed by atoms with Crippen molar-refractivity contribution < 1.29 is 19.8 Å². The molecule has 1 aromatic carbocycles. The highest BCUT2D eigenvalue weighted by molar-refractivity contribution is 6.17. The van der Waals surface area contributed by atoms with Crippen LogP contribution in [0.4, 0.5) is 5.69 Å². The van der Waals surface area contributed by atoms with Gasteiger partial charge in [-0.25, -0.2) is 0 Å². The summed E-state index contributed by atoms with van der Waals surface area (Å²) in [7, 11) is 0. The molecule has 0 saturated carbocycles. The third kappa shape index (κ3) is 2.33. The Morgan fingerprint density at radius 1 is 1.28 bits per heavy atom. The highest BCUT2D eigenvalue weighted by Crippen LogP contribution is 2.20. The molecule has 2 rings (SSSR count). The van der Waals surface area contributed by atoms with Gasteiger partial charge in [-0.05, 0) is 12.1 Å². The van der Waals surface area contributed by atoms with E-state index in [0.717, 1.165) is 4.90 Å². The summed E-state index contributed by atoms with van der Waals surface area (Å²) in [4.78, 5) is 24.2. The number of nitrogens with zero attached hydrogens (tertiary/aromatic N) is 1. The van der Waals surface area contributed by atoms with Crippen LogP contribution in [0.15, 0.2) is 36.0 Å². The number of anilines is 1. The summed E-state index contributed by atoms with van der Waals surface area (Å²) < 4.78 is 0. The monoisotopic (exact) mass is 248 g/mol. The van der Waals surface area contributed by atoms with Gasteiger partial charge in [-0.3, -0.25) is 14.5 Å². The second-order valence-corrected chi connectivity index (χ2v) is 3.75. The zero-order chi connectivity index (χ0) is 13.1. The second-order valence-electron chi connectivity index (χ2n) is 3.75. The molecule has 1 aromatic rings. The van der Waals surface area contributed by atoms with E-state index in [0.29, 0.717) is 5.69 Å². The summed E-state index contributed by atoms with van der Waals surface area (Å²) in [5.41, 5.74) is 0.632. The molecule has 1 aliphatic heterocycles. The Labute approximate surface area is 103 Å². The molecular weight excluding hydrogens is 236 g/mol. The normalized spacial score (nSPS) is 14.9. The van der Waals surface area contributed by atoms with E-state index in [9.17, 15) is 14.7 Å². The molecule has 0 bridgehead atoms. The zero-order valence-electron chi connectivity index (χ0n) is 9.46. The first-order valence-corrected chi connectivity index (χ1v) is 5.36. The van der Waals surface area contributed by atoms with Crippen molar-refractivity contribution in [3.8, 4) is 5.75 Å². The van der Waals surface area contributed by atoms with E-state index in [2.05, 4.69) is 5.32 Å². The maximum absolute atomic E-state index is 11.8. The van der Waals surface area contributed by atoms with Gasteiger partial charge in [0.1, 0.15) is 11.4 Å². The molecule has 0 aliphatic carbocycles. The Morgan fingerprint density at radius 2 is 2.06 bits per heavy atom. The molecule has 18 heavy (non-hydrogen) atoms. The Balaban J connectivity index is 2.14. The topological polar surface area (TPSA) is 89.9 Å². The minimum Gasteiger partial charge on any atom is -0.508 e. The van der Waals surface area contributed by atoms with E-state index in [-0.39, 0.29) is 24.6 Å². The lowest BCUT2D eigenvalue weighted by atomic mass is 10.3. The number of carbonyl (C=O) groups is 2. The van der Waals surface area contributed by atoms with Crippen molar-refractivity contribution in [2.45, 2.75) is 0 Å². The molecule has 2 amide bonds. The van der Waals surface area contributed by atoms with Crippen LogP contribution in [-0.4, -0.2) is 40.1 Å². The molecule has 0 unspecified atom stereocenters. The third-order valence-corrected chi connectivity index (χ3v) is 2.46. The number of aliphatic hydroxyl groups excluding tert-OH is 1. The molecule has 0 spiro atoms. The zero-order valence-corrected chi connectivity index (χ0v) is 9.46. The maximum Gasteiger partial charge on any atom is 0.277 e. The van der Waals surface area contributed by atoms with Gasteiger partial charge in [0.05, 0.1) is 13.2 Å². The first-order chi connectivity index (χ1) is 8.61. The Kier molecular flexibility index (Phi) is 3.29. The number of carbonyl (C=O) groups excluding carboxylic acids is 2. The Hall–Kier alpha value is -2.34.